The lowest BCUT2D eigenvalue weighted by molar-refractivity contribution is -0.210. The van der Waals surface area contributed by atoms with Crippen molar-refractivity contribution in [3.05, 3.63) is 11.6 Å². The van der Waals surface area contributed by atoms with Gasteiger partial charge in [0.15, 0.2) is 5.78 Å². The molecule has 0 unspecified atom stereocenters. The van der Waals surface area contributed by atoms with Gasteiger partial charge in [-0.15, -0.1) is 0 Å². The van der Waals surface area contributed by atoms with Gasteiger partial charge in [-0.1, -0.05) is 54.0 Å². The number of hydrogen-bond donors (Lipinski definition) is 1. The molecular formula is C37H58N2O4. The van der Waals surface area contributed by atoms with Crippen LogP contribution < -0.4 is 5.32 Å². The highest BCUT2D eigenvalue weighted by Gasteiger charge is 2.70. The van der Waals surface area contributed by atoms with E-state index in [9.17, 15) is 14.4 Å². The summed E-state index contributed by atoms with van der Waals surface area (Å²) in [6.07, 6.45) is 12.0. The highest BCUT2D eigenvalue weighted by molar-refractivity contribution is 5.95. The monoisotopic (exact) mass is 594 g/mol. The third-order valence-electron chi connectivity index (χ3n) is 15.0. The zero-order valence-electron chi connectivity index (χ0n) is 28.4. The van der Waals surface area contributed by atoms with Gasteiger partial charge in [-0.25, -0.2) is 0 Å². The average Bonchev–Trinajstić information content (AvgIpc) is 3.21. The van der Waals surface area contributed by atoms with Crippen LogP contribution in [0.1, 0.15) is 120 Å². The number of fused-ring (bicyclic) bond motifs is 7. The normalized spacial score (nSPS) is 47.6. The predicted molar refractivity (Wildman–Crippen MR) is 169 cm³/mol. The molecule has 1 saturated heterocycles. The SMILES string of the molecule is CC(=O)O[C@H]1CC[C@]2(C)[C@H]3C(=O)C=C4[C@@H]5C[C@](C)(C(=O)N6CCCNCC6)CC[C@]5(C)CC[C@@]4(C)[C@]3(C)CC[C@H]2C1(C)C. The van der Waals surface area contributed by atoms with Crippen molar-refractivity contribution >= 4 is 17.7 Å². The molecule has 6 heteroatoms. The van der Waals surface area contributed by atoms with Crippen LogP contribution in [0.2, 0.25) is 0 Å². The molecule has 0 aromatic heterocycles. The molecular weight excluding hydrogens is 536 g/mol. The molecule has 43 heavy (non-hydrogen) atoms. The molecule has 1 aliphatic heterocycles. The molecule has 5 aliphatic carbocycles. The first-order chi connectivity index (χ1) is 20.0. The Hall–Kier alpha value is -1.69. The second-order valence-electron chi connectivity index (χ2n) is 17.6. The molecule has 6 aliphatic rings. The molecule has 1 N–H and O–H groups in total. The number of ether oxygens (including phenoxy) is 1. The van der Waals surface area contributed by atoms with Crippen molar-refractivity contribution in [2.24, 2.45) is 50.2 Å². The molecule has 0 bridgehead atoms. The van der Waals surface area contributed by atoms with Crippen molar-refractivity contribution in [1.82, 2.24) is 10.2 Å². The topological polar surface area (TPSA) is 75.7 Å². The maximum atomic E-state index is 14.7. The minimum atomic E-state index is -0.378. The Bertz CT molecular complexity index is 1220. The molecule has 0 spiro atoms. The lowest BCUT2D eigenvalue weighted by Gasteiger charge is -2.70. The summed E-state index contributed by atoms with van der Waals surface area (Å²) in [5.41, 5.74) is 0.639. The number of allylic oxidation sites excluding steroid dienone is 2. The summed E-state index contributed by atoms with van der Waals surface area (Å²) in [5, 5.41) is 3.45. The molecule has 0 radical (unpaired) electrons. The van der Waals surface area contributed by atoms with Crippen molar-refractivity contribution in [2.45, 2.75) is 126 Å². The lowest BCUT2D eigenvalue weighted by atomic mass is 9.33. The summed E-state index contributed by atoms with van der Waals surface area (Å²) >= 11 is 0. The Morgan fingerprint density at radius 1 is 0.907 bits per heavy atom. The summed E-state index contributed by atoms with van der Waals surface area (Å²) in [6.45, 7) is 21.6. The summed E-state index contributed by atoms with van der Waals surface area (Å²) < 4.78 is 5.88. The zero-order valence-corrected chi connectivity index (χ0v) is 28.4. The van der Waals surface area contributed by atoms with Crippen LogP contribution in [-0.2, 0) is 19.1 Å². The van der Waals surface area contributed by atoms with Gasteiger partial charge in [0.25, 0.3) is 0 Å². The van der Waals surface area contributed by atoms with Gasteiger partial charge in [0.2, 0.25) is 5.91 Å². The van der Waals surface area contributed by atoms with E-state index in [0.29, 0.717) is 17.6 Å². The van der Waals surface area contributed by atoms with Crippen molar-refractivity contribution < 1.29 is 19.1 Å². The van der Waals surface area contributed by atoms with Gasteiger partial charge in [-0.2, -0.15) is 0 Å². The van der Waals surface area contributed by atoms with Crippen LogP contribution in [0.25, 0.3) is 0 Å². The molecule has 6 rings (SSSR count). The van der Waals surface area contributed by atoms with E-state index in [4.69, 9.17) is 4.74 Å². The molecule has 9 atom stereocenters. The van der Waals surface area contributed by atoms with Crippen molar-refractivity contribution in [3.63, 3.8) is 0 Å². The number of carbonyl (C=O) groups excluding carboxylic acids is 3. The second kappa shape index (κ2) is 10.2. The first-order valence-corrected chi connectivity index (χ1v) is 17.5. The Labute approximate surface area is 260 Å². The van der Waals surface area contributed by atoms with Crippen LogP contribution in [0.15, 0.2) is 11.6 Å². The fourth-order valence-corrected chi connectivity index (χ4v) is 12.2. The van der Waals surface area contributed by atoms with Gasteiger partial charge in [0.05, 0.1) is 0 Å². The molecule has 0 aromatic rings. The minimum Gasteiger partial charge on any atom is -0.462 e. The van der Waals surface area contributed by atoms with Crippen molar-refractivity contribution in [2.75, 3.05) is 26.2 Å². The predicted octanol–water partition coefficient (Wildman–Crippen LogP) is 6.72. The first-order valence-electron chi connectivity index (χ1n) is 17.5. The molecule has 6 nitrogen and oxygen atoms in total. The number of nitrogens with zero attached hydrogens (tertiary/aromatic N) is 1. The van der Waals surface area contributed by atoms with Crippen LogP contribution in [-0.4, -0.2) is 54.8 Å². The van der Waals surface area contributed by atoms with E-state index in [2.05, 4.69) is 64.8 Å². The molecule has 1 heterocycles. The van der Waals surface area contributed by atoms with E-state index < -0.39 is 0 Å². The second-order valence-corrected chi connectivity index (χ2v) is 17.6. The molecule has 4 saturated carbocycles. The van der Waals surface area contributed by atoms with Crippen LogP contribution in [0.5, 0.6) is 0 Å². The summed E-state index contributed by atoms with van der Waals surface area (Å²) in [6, 6.07) is 0. The van der Waals surface area contributed by atoms with Crippen molar-refractivity contribution in [3.8, 4) is 0 Å². The van der Waals surface area contributed by atoms with Crippen LogP contribution in [0.3, 0.4) is 0 Å². The summed E-state index contributed by atoms with van der Waals surface area (Å²) in [7, 11) is 0. The number of esters is 1. The Morgan fingerprint density at radius 2 is 1.63 bits per heavy atom. The van der Waals surface area contributed by atoms with Gasteiger partial charge in [0, 0.05) is 43.3 Å². The van der Waals surface area contributed by atoms with Crippen LogP contribution in [0, 0.1) is 50.2 Å². The average molecular weight is 595 g/mol. The lowest BCUT2D eigenvalue weighted by Crippen LogP contribution is -2.66. The molecule has 5 fully saturated rings. The Kier molecular flexibility index (Phi) is 7.39. The van der Waals surface area contributed by atoms with E-state index in [-0.39, 0.29) is 56.4 Å². The van der Waals surface area contributed by atoms with Gasteiger partial charge in [0.1, 0.15) is 6.10 Å². The summed E-state index contributed by atoms with van der Waals surface area (Å²) in [4.78, 5) is 42.9. The third-order valence-corrected chi connectivity index (χ3v) is 15.0. The van der Waals surface area contributed by atoms with Crippen molar-refractivity contribution in [1.29, 1.82) is 0 Å². The van der Waals surface area contributed by atoms with E-state index in [0.717, 1.165) is 84.0 Å². The van der Waals surface area contributed by atoms with E-state index in [1.807, 2.05) is 0 Å². The van der Waals surface area contributed by atoms with Gasteiger partial charge < -0.3 is 15.0 Å². The number of rotatable bonds is 2. The minimum absolute atomic E-state index is 0.0318. The molecule has 240 valence electrons. The van der Waals surface area contributed by atoms with Crippen LogP contribution >= 0.6 is 0 Å². The van der Waals surface area contributed by atoms with E-state index in [1.165, 1.54) is 18.9 Å². The third kappa shape index (κ3) is 4.45. The molecule has 1 amide bonds. The molecule has 0 aromatic carbocycles. The van der Waals surface area contributed by atoms with E-state index in [1.54, 1.807) is 0 Å². The number of amides is 1. The standard InChI is InChI=1S/C37H58N2O4/c1-24(40)43-29-11-12-35(6)28(32(29,2)3)10-13-37(8)30(35)27(41)22-25-26-23-34(5,31(42)39-20-9-18-38-19-21-39)15-14-33(26,4)16-17-36(25,37)7/h22,26,28-30,38H,9-21,23H2,1-8H3/t26-,28-,29-,30+,33+,34+,35-,36+,37+/m0/s1. The summed E-state index contributed by atoms with van der Waals surface area (Å²) in [5.74, 6) is 1.01. The van der Waals surface area contributed by atoms with Gasteiger partial charge >= 0.3 is 5.97 Å². The fourth-order valence-electron chi connectivity index (χ4n) is 12.2. The zero-order chi connectivity index (χ0) is 31.2. The fraction of sp³-hybridized carbons (Fsp3) is 0.865. The largest absolute Gasteiger partial charge is 0.462 e. The number of ketones is 1. The number of hydrogen-bond acceptors (Lipinski definition) is 5. The maximum absolute atomic E-state index is 14.7. The Balaban J connectivity index is 1.36. The van der Waals surface area contributed by atoms with E-state index >= 15 is 0 Å². The smallest absolute Gasteiger partial charge is 0.302 e. The van der Waals surface area contributed by atoms with Crippen LogP contribution in [0.4, 0.5) is 0 Å². The maximum Gasteiger partial charge on any atom is 0.302 e. The van der Waals surface area contributed by atoms with Gasteiger partial charge in [-0.05, 0) is 110 Å². The first kappa shape index (κ1) is 31.3. The quantitative estimate of drug-likeness (QED) is 0.359. The number of nitrogens with one attached hydrogen (secondary N) is 1. The van der Waals surface area contributed by atoms with Gasteiger partial charge in [-0.3, -0.25) is 14.4 Å². The number of carbonyl (C=O) groups is 3. The Morgan fingerprint density at radius 3 is 2.35 bits per heavy atom. The highest BCUT2D eigenvalue weighted by Crippen LogP contribution is 2.75. The highest BCUT2D eigenvalue weighted by atomic mass is 16.5.